The number of aliphatic carboxylic acids is 1. The summed E-state index contributed by atoms with van der Waals surface area (Å²) in [6.45, 7) is 5.29. The summed E-state index contributed by atoms with van der Waals surface area (Å²) in [5, 5.41) is 26.5. The lowest BCUT2D eigenvalue weighted by atomic mass is 10.3. The van der Waals surface area contributed by atoms with Crippen LogP contribution in [0.5, 0.6) is 0 Å². The topological polar surface area (TPSA) is 120 Å². The van der Waals surface area contributed by atoms with E-state index in [1.165, 1.54) is 4.68 Å². The summed E-state index contributed by atoms with van der Waals surface area (Å²) in [5.41, 5.74) is 0.259. The molecule has 0 atom stereocenters. The van der Waals surface area contributed by atoms with Gasteiger partial charge in [0.05, 0.1) is 11.5 Å². The second kappa shape index (κ2) is 6.85. The van der Waals surface area contributed by atoms with Crippen molar-refractivity contribution in [2.45, 2.75) is 26.8 Å². The van der Waals surface area contributed by atoms with E-state index in [0.717, 1.165) is 0 Å². The molecule has 0 aliphatic carbocycles. The van der Waals surface area contributed by atoms with Crippen LogP contribution >= 0.6 is 0 Å². The first-order chi connectivity index (χ1) is 9.34. The van der Waals surface area contributed by atoms with Gasteiger partial charge in [0.2, 0.25) is 5.82 Å². The molecule has 112 valence electrons. The fourth-order valence-corrected chi connectivity index (χ4v) is 1.70. The summed E-state index contributed by atoms with van der Waals surface area (Å²) >= 11 is 0. The van der Waals surface area contributed by atoms with Gasteiger partial charge in [-0.2, -0.15) is 5.10 Å². The van der Waals surface area contributed by atoms with Crippen molar-refractivity contribution in [1.82, 2.24) is 9.78 Å². The van der Waals surface area contributed by atoms with Gasteiger partial charge in [-0.15, -0.1) is 0 Å². The van der Waals surface area contributed by atoms with Gasteiger partial charge in [0.1, 0.15) is 12.3 Å². The zero-order valence-electron chi connectivity index (χ0n) is 11.6. The van der Waals surface area contributed by atoms with Crippen LogP contribution in [0.15, 0.2) is 0 Å². The smallest absolute Gasteiger partial charge is 0.333 e. The Hall–Kier alpha value is -2.16. The average Bonchev–Trinajstić information content (AvgIpc) is 2.65. The first-order valence-corrected chi connectivity index (χ1v) is 6.11. The van der Waals surface area contributed by atoms with E-state index in [9.17, 15) is 14.9 Å². The Morgan fingerprint density at radius 1 is 1.60 bits per heavy atom. The van der Waals surface area contributed by atoms with Gasteiger partial charge in [-0.05, 0) is 20.8 Å². The highest BCUT2D eigenvalue weighted by Crippen LogP contribution is 2.30. The molecule has 0 bridgehead atoms. The highest BCUT2D eigenvalue weighted by Gasteiger charge is 2.26. The molecule has 20 heavy (non-hydrogen) atoms. The van der Waals surface area contributed by atoms with Crippen LogP contribution < -0.4 is 5.32 Å². The molecule has 0 radical (unpaired) electrons. The Labute approximate surface area is 115 Å². The molecule has 9 nitrogen and oxygen atoms in total. The first kappa shape index (κ1) is 15.9. The van der Waals surface area contributed by atoms with Gasteiger partial charge < -0.3 is 15.2 Å². The number of carboxylic acids is 1. The number of carbonyl (C=O) groups is 1. The Morgan fingerprint density at radius 2 is 2.25 bits per heavy atom. The molecule has 2 N–H and O–H groups in total. The molecule has 0 aliphatic rings. The Kier molecular flexibility index (Phi) is 5.44. The van der Waals surface area contributed by atoms with Gasteiger partial charge in [0, 0.05) is 12.6 Å². The van der Waals surface area contributed by atoms with Crippen molar-refractivity contribution < 1.29 is 19.6 Å². The number of hydrogen-bond donors (Lipinski definition) is 2. The molecule has 0 unspecified atom stereocenters. The maximum atomic E-state index is 11.1. The van der Waals surface area contributed by atoms with E-state index in [-0.39, 0.29) is 24.9 Å². The van der Waals surface area contributed by atoms with E-state index in [4.69, 9.17) is 9.84 Å². The molecule has 1 rings (SSSR count). The number of nitrogens with one attached hydrogen (secondary N) is 1. The van der Waals surface area contributed by atoms with Gasteiger partial charge in [0.25, 0.3) is 0 Å². The van der Waals surface area contributed by atoms with Crippen LogP contribution in [0.4, 0.5) is 11.5 Å². The van der Waals surface area contributed by atoms with Gasteiger partial charge in [0.15, 0.2) is 0 Å². The van der Waals surface area contributed by atoms with E-state index in [0.29, 0.717) is 11.5 Å². The zero-order valence-corrected chi connectivity index (χ0v) is 11.6. The minimum absolute atomic E-state index is 0.0372. The van der Waals surface area contributed by atoms with Crippen molar-refractivity contribution in [2.75, 3.05) is 25.1 Å². The van der Waals surface area contributed by atoms with Crippen LogP contribution in [-0.4, -0.2) is 45.5 Å². The normalized spacial score (nSPS) is 10.8. The van der Waals surface area contributed by atoms with Crippen LogP contribution in [0.1, 0.15) is 25.6 Å². The maximum Gasteiger partial charge on any atom is 0.333 e. The van der Waals surface area contributed by atoms with Crippen molar-refractivity contribution in [3.8, 4) is 0 Å². The predicted molar refractivity (Wildman–Crippen MR) is 70.9 cm³/mol. The van der Waals surface area contributed by atoms with Crippen molar-refractivity contribution in [1.29, 1.82) is 0 Å². The molecule has 0 aliphatic heterocycles. The number of rotatable bonds is 8. The molecular formula is C11H18N4O5. The lowest BCUT2D eigenvalue weighted by Crippen LogP contribution is -2.17. The Bertz CT molecular complexity index is 497. The Morgan fingerprint density at radius 3 is 2.75 bits per heavy atom. The predicted octanol–water partition coefficient (Wildman–Crippen LogP) is 1.19. The van der Waals surface area contributed by atoms with Crippen LogP contribution in [0.2, 0.25) is 0 Å². The number of aryl methyl sites for hydroxylation is 1. The molecule has 1 aromatic rings. The summed E-state index contributed by atoms with van der Waals surface area (Å²) in [6, 6.07) is -0.0372. The number of carboxylic acid groups (broad SMARTS) is 1. The lowest BCUT2D eigenvalue weighted by molar-refractivity contribution is -0.384. The third kappa shape index (κ3) is 3.92. The van der Waals surface area contributed by atoms with Crippen LogP contribution in [0.3, 0.4) is 0 Å². The fourth-order valence-electron chi connectivity index (χ4n) is 1.70. The number of nitro groups is 1. The molecule has 0 saturated carbocycles. The number of hydrogen-bond acceptors (Lipinski definition) is 6. The standard InChI is InChI=1S/C11H18N4O5/c1-7(2)14-11(10(15(18)19)8(3)13-14)12-4-5-20-6-9(16)17/h7,12H,4-6H2,1-3H3,(H,16,17). The summed E-state index contributed by atoms with van der Waals surface area (Å²) in [5.74, 6) is -0.750. The molecule has 9 heteroatoms. The molecule has 0 fully saturated rings. The molecular weight excluding hydrogens is 268 g/mol. The number of aromatic nitrogens is 2. The van der Waals surface area contributed by atoms with Gasteiger partial charge >= 0.3 is 11.7 Å². The summed E-state index contributed by atoms with van der Waals surface area (Å²) < 4.78 is 6.40. The monoisotopic (exact) mass is 286 g/mol. The van der Waals surface area contributed by atoms with Crippen molar-refractivity contribution in [3.05, 3.63) is 15.8 Å². The second-order valence-electron chi connectivity index (χ2n) is 4.45. The number of nitrogens with zero attached hydrogens (tertiary/aromatic N) is 3. The minimum atomic E-state index is -1.06. The van der Waals surface area contributed by atoms with Gasteiger partial charge in [-0.3, -0.25) is 10.1 Å². The van der Waals surface area contributed by atoms with Crippen LogP contribution in [0, 0.1) is 17.0 Å². The average molecular weight is 286 g/mol. The maximum absolute atomic E-state index is 11.1. The Balaban J connectivity index is 2.76. The highest BCUT2D eigenvalue weighted by molar-refractivity contribution is 5.68. The highest BCUT2D eigenvalue weighted by atomic mass is 16.6. The SMILES string of the molecule is Cc1nn(C(C)C)c(NCCOCC(=O)O)c1[N+](=O)[O-]. The fraction of sp³-hybridized carbons (Fsp3) is 0.636. The third-order valence-electron chi connectivity index (χ3n) is 2.49. The van der Waals surface area contributed by atoms with E-state index >= 15 is 0 Å². The summed E-state index contributed by atoms with van der Waals surface area (Å²) in [4.78, 5) is 20.8. The van der Waals surface area contributed by atoms with Crippen LogP contribution in [0.25, 0.3) is 0 Å². The largest absolute Gasteiger partial charge is 0.480 e. The lowest BCUT2D eigenvalue weighted by Gasteiger charge is -2.11. The molecule has 1 aromatic heterocycles. The van der Waals surface area contributed by atoms with E-state index < -0.39 is 17.5 Å². The van der Waals surface area contributed by atoms with Crippen molar-refractivity contribution in [2.24, 2.45) is 0 Å². The zero-order chi connectivity index (χ0) is 15.3. The van der Waals surface area contributed by atoms with Gasteiger partial charge in [-0.1, -0.05) is 0 Å². The number of anilines is 1. The number of ether oxygens (including phenoxy) is 1. The summed E-state index contributed by atoms with van der Waals surface area (Å²) in [6.07, 6.45) is 0. The minimum Gasteiger partial charge on any atom is -0.480 e. The molecule has 0 spiro atoms. The van der Waals surface area contributed by atoms with Crippen molar-refractivity contribution >= 4 is 17.5 Å². The van der Waals surface area contributed by atoms with Crippen LogP contribution in [-0.2, 0) is 9.53 Å². The van der Waals surface area contributed by atoms with E-state index in [1.54, 1.807) is 6.92 Å². The molecule has 0 aromatic carbocycles. The second-order valence-corrected chi connectivity index (χ2v) is 4.45. The molecule has 0 amide bonds. The quantitative estimate of drug-likeness (QED) is 0.418. The first-order valence-electron chi connectivity index (χ1n) is 6.11. The van der Waals surface area contributed by atoms with E-state index in [2.05, 4.69) is 10.4 Å². The van der Waals surface area contributed by atoms with Crippen molar-refractivity contribution in [3.63, 3.8) is 0 Å². The third-order valence-corrected chi connectivity index (χ3v) is 2.49. The molecule has 0 saturated heterocycles. The van der Waals surface area contributed by atoms with E-state index in [1.807, 2.05) is 13.8 Å². The summed E-state index contributed by atoms with van der Waals surface area (Å²) in [7, 11) is 0. The van der Waals surface area contributed by atoms with Gasteiger partial charge in [-0.25, -0.2) is 9.48 Å². The molecule has 1 heterocycles.